The number of hydrogen-bond acceptors (Lipinski definition) is 2. The summed E-state index contributed by atoms with van der Waals surface area (Å²) in [7, 11) is 0. The van der Waals surface area contributed by atoms with Crippen LogP contribution in [0.25, 0.3) is 11.0 Å². The first-order valence-corrected chi connectivity index (χ1v) is 7.51. The van der Waals surface area contributed by atoms with Gasteiger partial charge in [0.15, 0.2) is 0 Å². The Kier molecular flexibility index (Phi) is 3.50. The minimum atomic E-state index is 0.0340. The van der Waals surface area contributed by atoms with Gasteiger partial charge in [-0.05, 0) is 37.5 Å². The normalized spacial score (nSPS) is 17.0. The minimum absolute atomic E-state index is 0.0340. The molecule has 0 bridgehead atoms. The highest BCUT2D eigenvalue weighted by Crippen LogP contribution is 2.40. The predicted octanol–water partition coefficient (Wildman–Crippen LogP) is 4.21. The van der Waals surface area contributed by atoms with E-state index >= 15 is 0 Å². The molecule has 1 unspecified atom stereocenters. The van der Waals surface area contributed by atoms with Crippen molar-refractivity contribution in [2.24, 2.45) is 5.73 Å². The zero-order valence-electron chi connectivity index (χ0n) is 11.3. The Morgan fingerprint density at radius 2 is 2.26 bits per heavy atom. The number of halogens is 1. The highest BCUT2D eigenvalue weighted by Gasteiger charge is 2.29. The van der Waals surface area contributed by atoms with Gasteiger partial charge in [-0.3, -0.25) is 0 Å². The smallest absolute Gasteiger partial charge is 0.127 e. The van der Waals surface area contributed by atoms with Crippen LogP contribution in [0.4, 0.5) is 0 Å². The molecule has 0 saturated heterocycles. The van der Waals surface area contributed by atoms with E-state index in [0.29, 0.717) is 6.04 Å². The van der Waals surface area contributed by atoms with Gasteiger partial charge in [0.2, 0.25) is 0 Å². The quantitative estimate of drug-likeness (QED) is 0.889. The first kappa shape index (κ1) is 12.9. The van der Waals surface area contributed by atoms with Crippen molar-refractivity contribution in [2.75, 3.05) is 0 Å². The fourth-order valence-corrected chi connectivity index (χ4v) is 2.78. The van der Waals surface area contributed by atoms with Gasteiger partial charge >= 0.3 is 0 Å². The van der Waals surface area contributed by atoms with Gasteiger partial charge in [0.05, 0.1) is 17.1 Å². The molecule has 1 aromatic heterocycles. The molecule has 3 nitrogen and oxygen atoms in total. The van der Waals surface area contributed by atoms with Gasteiger partial charge in [0, 0.05) is 11.1 Å². The van der Waals surface area contributed by atoms with Crippen molar-refractivity contribution in [1.29, 1.82) is 0 Å². The molecule has 19 heavy (non-hydrogen) atoms. The van der Waals surface area contributed by atoms with Crippen LogP contribution >= 0.6 is 11.6 Å². The van der Waals surface area contributed by atoms with Crippen molar-refractivity contribution in [1.82, 2.24) is 9.55 Å². The number of aromatic nitrogens is 2. The van der Waals surface area contributed by atoms with Gasteiger partial charge in [0.1, 0.15) is 5.82 Å². The third-order valence-corrected chi connectivity index (χ3v) is 4.03. The van der Waals surface area contributed by atoms with Crippen LogP contribution in [0, 0.1) is 0 Å². The van der Waals surface area contributed by atoms with Crippen LogP contribution in [0.2, 0.25) is 5.02 Å². The summed E-state index contributed by atoms with van der Waals surface area (Å²) >= 11 is 6.12. The molecule has 1 aromatic carbocycles. The van der Waals surface area contributed by atoms with Gasteiger partial charge in [-0.1, -0.05) is 31.4 Å². The van der Waals surface area contributed by atoms with Crippen LogP contribution < -0.4 is 5.73 Å². The van der Waals surface area contributed by atoms with Crippen molar-refractivity contribution < 1.29 is 0 Å². The van der Waals surface area contributed by atoms with E-state index < -0.39 is 0 Å². The van der Waals surface area contributed by atoms with E-state index in [-0.39, 0.29) is 6.04 Å². The second kappa shape index (κ2) is 5.14. The maximum atomic E-state index is 6.33. The van der Waals surface area contributed by atoms with E-state index in [0.717, 1.165) is 34.7 Å². The average Bonchev–Trinajstić information content (AvgIpc) is 3.17. The third-order valence-electron chi connectivity index (χ3n) is 3.79. The topological polar surface area (TPSA) is 43.8 Å². The van der Waals surface area contributed by atoms with E-state index in [2.05, 4.69) is 11.5 Å². The van der Waals surface area contributed by atoms with Crippen molar-refractivity contribution >= 4 is 22.6 Å². The number of fused-ring (bicyclic) bond motifs is 1. The molecule has 1 aliphatic rings. The Morgan fingerprint density at radius 1 is 1.47 bits per heavy atom. The fourth-order valence-electron chi connectivity index (χ4n) is 2.62. The fraction of sp³-hybridized carbons (Fsp3) is 0.533. The second-order valence-electron chi connectivity index (χ2n) is 5.45. The van der Waals surface area contributed by atoms with Gasteiger partial charge < -0.3 is 10.3 Å². The van der Waals surface area contributed by atoms with Crippen molar-refractivity contribution in [3.05, 3.63) is 29.0 Å². The van der Waals surface area contributed by atoms with Crippen LogP contribution in [-0.4, -0.2) is 9.55 Å². The SMILES string of the molecule is CCCCC(N)c1nc2ccc(Cl)cc2n1C1CC1. The average molecular weight is 278 g/mol. The minimum Gasteiger partial charge on any atom is -0.324 e. The van der Waals surface area contributed by atoms with Gasteiger partial charge in [-0.15, -0.1) is 0 Å². The number of nitrogens with two attached hydrogens (primary N) is 1. The maximum Gasteiger partial charge on any atom is 0.127 e. The van der Waals surface area contributed by atoms with Gasteiger partial charge in [-0.25, -0.2) is 4.98 Å². The van der Waals surface area contributed by atoms with Crippen LogP contribution in [0.15, 0.2) is 18.2 Å². The molecule has 1 heterocycles. The Hall–Kier alpha value is -1.06. The number of unbranched alkanes of at least 4 members (excludes halogenated alkanes) is 1. The van der Waals surface area contributed by atoms with E-state index in [1.54, 1.807) is 0 Å². The zero-order chi connectivity index (χ0) is 13.4. The highest BCUT2D eigenvalue weighted by atomic mass is 35.5. The Bertz CT molecular complexity index is 586. The lowest BCUT2D eigenvalue weighted by molar-refractivity contribution is 0.543. The lowest BCUT2D eigenvalue weighted by Gasteiger charge is -2.13. The van der Waals surface area contributed by atoms with Crippen molar-refractivity contribution in [2.45, 2.75) is 51.1 Å². The number of rotatable bonds is 5. The van der Waals surface area contributed by atoms with Crippen LogP contribution in [0.3, 0.4) is 0 Å². The van der Waals surface area contributed by atoms with E-state index in [1.165, 1.54) is 19.3 Å². The number of benzene rings is 1. The van der Waals surface area contributed by atoms with E-state index in [1.807, 2.05) is 18.2 Å². The summed E-state index contributed by atoms with van der Waals surface area (Å²) in [6.45, 7) is 2.19. The Morgan fingerprint density at radius 3 is 2.95 bits per heavy atom. The van der Waals surface area contributed by atoms with E-state index in [4.69, 9.17) is 22.3 Å². The first-order valence-electron chi connectivity index (χ1n) is 7.13. The standard InChI is InChI=1S/C15H20ClN3/c1-2-3-4-12(17)15-18-13-8-5-10(16)9-14(13)19(15)11-6-7-11/h5,8-9,11-12H,2-4,6-7,17H2,1H3. The third kappa shape index (κ3) is 2.49. The second-order valence-corrected chi connectivity index (χ2v) is 5.89. The van der Waals surface area contributed by atoms with Crippen LogP contribution in [0.5, 0.6) is 0 Å². The van der Waals surface area contributed by atoms with Crippen LogP contribution in [-0.2, 0) is 0 Å². The van der Waals surface area contributed by atoms with Gasteiger partial charge in [0.25, 0.3) is 0 Å². The molecule has 0 radical (unpaired) electrons. The monoisotopic (exact) mass is 277 g/mol. The van der Waals surface area contributed by atoms with Crippen LogP contribution in [0.1, 0.15) is 56.9 Å². The molecule has 0 aliphatic heterocycles. The summed E-state index contributed by atoms with van der Waals surface area (Å²) in [5, 5.41) is 0.767. The summed E-state index contributed by atoms with van der Waals surface area (Å²) in [4.78, 5) is 4.75. The lowest BCUT2D eigenvalue weighted by Crippen LogP contribution is -2.16. The predicted molar refractivity (Wildman–Crippen MR) is 79.5 cm³/mol. The molecule has 4 heteroatoms. The molecule has 102 valence electrons. The lowest BCUT2D eigenvalue weighted by atomic mass is 10.1. The molecule has 1 fully saturated rings. The summed E-state index contributed by atoms with van der Waals surface area (Å²) < 4.78 is 2.32. The molecular formula is C15H20ClN3. The van der Waals surface area contributed by atoms with Crippen molar-refractivity contribution in [3.8, 4) is 0 Å². The zero-order valence-corrected chi connectivity index (χ0v) is 12.0. The summed E-state index contributed by atoms with van der Waals surface area (Å²) in [5.74, 6) is 1.04. The summed E-state index contributed by atoms with van der Waals surface area (Å²) in [6, 6.07) is 6.51. The number of nitrogens with zero attached hydrogens (tertiary/aromatic N) is 2. The highest BCUT2D eigenvalue weighted by molar-refractivity contribution is 6.31. The van der Waals surface area contributed by atoms with Crippen molar-refractivity contribution in [3.63, 3.8) is 0 Å². The first-order chi connectivity index (χ1) is 9.20. The molecule has 1 atom stereocenters. The molecule has 2 N–H and O–H groups in total. The molecule has 2 aromatic rings. The molecular weight excluding hydrogens is 258 g/mol. The summed E-state index contributed by atoms with van der Waals surface area (Å²) in [6.07, 6.45) is 5.77. The van der Waals surface area contributed by atoms with Gasteiger partial charge in [-0.2, -0.15) is 0 Å². The summed E-state index contributed by atoms with van der Waals surface area (Å²) in [5.41, 5.74) is 8.48. The molecule has 3 rings (SSSR count). The largest absolute Gasteiger partial charge is 0.324 e. The number of imidazole rings is 1. The number of hydrogen-bond donors (Lipinski definition) is 1. The maximum absolute atomic E-state index is 6.33. The van der Waals surface area contributed by atoms with E-state index in [9.17, 15) is 0 Å². The Balaban J connectivity index is 2.05. The molecule has 0 amide bonds. The molecule has 0 spiro atoms. The molecule has 1 aliphatic carbocycles. The Labute approximate surface area is 118 Å². The molecule has 1 saturated carbocycles.